The van der Waals surface area contributed by atoms with Crippen molar-refractivity contribution >= 4 is 45.5 Å². The molecule has 0 aliphatic carbocycles. The van der Waals surface area contributed by atoms with Crippen molar-refractivity contribution in [3.8, 4) is 29.1 Å². The Hall–Kier alpha value is -5.63. The number of rotatable bonds is 10. The number of nitriles is 1. The van der Waals surface area contributed by atoms with Gasteiger partial charge >= 0.3 is 0 Å². The van der Waals surface area contributed by atoms with Crippen LogP contribution in [0.3, 0.4) is 0 Å². The molecule has 0 unspecified atom stereocenters. The fourth-order valence-electron chi connectivity index (χ4n) is 5.12. The lowest BCUT2D eigenvalue weighted by molar-refractivity contribution is -0.112. The van der Waals surface area contributed by atoms with Gasteiger partial charge in [0.1, 0.15) is 29.9 Å². The summed E-state index contributed by atoms with van der Waals surface area (Å²) in [6.45, 7) is 2.00. The SMILES string of the molecule is COc1ccc(COc2ccc(Nc3c(C#N)cnc4cc(Oc5ccncc5)c(NC(=O)C=C5CCNCC5)cc34)cc2Cl)cc1. The van der Waals surface area contributed by atoms with Gasteiger partial charge in [-0.3, -0.25) is 14.8 Å². The number of anilines is 3. The van der Waals surface area contributed by atoms with E-state index in [2.05, 4.69) is 32.0 Å². The highest BCUT2D eigenvalue weighted by molar-refractivity contribution is 6.32. The number of nitrogens with one attached hydrogen (secondary N) is 3. The zero-order valence-electron chi connectivity index (χ0n) is 25.5. The number of pyridine rings is 2. The molecule has 1 aliphatic heterocycles. The fourth-order valence-corrected chi connectivity index (χ4v) is 5.36. The molecule has 1 aliphatic rings. The predicted octanol–water partition coefficient (Wildman–Crippen LogP) is 7.53. The second kappa shape index (κ2) is 14.6. The molecular weight excluding hydrogens is 616 g/mol. The van der Waals surface area contributed by atoms with Crippen LogP contribution in [0.2, 0.25) is 5.02 Å². The van der Waals surface area contributed by atoms with Crippen molar-refractivity contribution in [2.75, 3.05) is 30.8 Å². The number of nitrogens with zero attached hydrogens (tertiary/aromatic N) is 3. The molecule has 3 heterocycles. The van der Waals surface area contributed by atoms with E-state index in [0.29, 0.717) is 62.4 Å². The molecule has 5 aromatic rings. The number of ether oxygens (including phenoxy) is 3. The lowest BCUT2D eigenvalue weighted by Crippen LogP contribution is -2.24. The Morgan fingerprint density at radius 3 is 2.53 bits per heavy atom. The van der Waals surface area contributed by atoms with Crippen LogP contribution >= 0.6 is 11.6 Å². The molecule has 0 atom stereocenters. The van der Waals surface area contributed by atoms with Crippen molar-refractivity contribution in [1.82, 2.24) is 15.3 Å². The number of carbonyl (C=O) groups is 1. The first kappa shape index (κ1) is 31.4. The van der Waals surface area contributed by atoms with Crippen LogP contribution in [0.4, 0.5) is 17.1 Å². The largest absolute Gasteiger partial charge is 0.497 e. The van der Waals surface area contributed by atoms with Gasteiger partial charge in [-0.15, -0.1) is 0 Å². The van der Waals surface area contributed by atoms with Crippen LogP contribution in [0.1, 0.15) is 24.0 Å². The minimum absolute atomic E-state index is 0.267. The highest BCUT2D eigenvalue weighted by Crippen LogP contribution is 2.39. The third kappa shape index (κ3) is 7.79. The summed E-state index contributed by atoms with van der Waals surface area (Å²) in [5.74, 6) is 1.95. The number of piperidine rings is 1. The second-order valence-corrected chi connectivity index (χ2v) is 11.2. The topological polar surface area (TPSA) is 130 Å². The first-order valence-corrected chi connectivity index (χ1v) is 15.3. The Kier molecular flexibility index (Phi) is 9.77. The van der Waals surface area contributed by atoms with Gasteiger partial charge in [0.25, 0.3) is 0 Å². The van der Waals surface area contributed by atoms with Crippen molar-refractivity contribution < 1.29 is 19.0 Å². The van der Waals surface area contributed by atoms with Crippen LogP contribution in [0.25, 0.3) is 10.9 Å². The van der Waals surface area contributed by atoms with Gasteiger partial charge in [0.05, 0.1) is 34.6 Å². The predicted molar refractivity (Wildman–Crippen MR) is 182 cm³/mol. The molecule has 0 radical (unpaired) electrons. The number of hydrogen-bond acceptors (Lipinski definition) is 9. The van der Waals surface area contributed by atoms with Crippen LogP contribution < -0.4 is 30.2 Å². The van der Waals surface area contributed by atoms with Gasteiger partial charge in [0.2, 0.25) is 5.91 Å². The van der Waals surface area contributed by atoms with E-state index in [1.165, 1.54) is 6.20 Å². The second-order valence-electron chi connectivity index (χ2n) is 10.8. The molecule has 47 heavy (non-hydrogen) atoms. The zero-order chi connectivity index (χ0) is 32.6. The third-order valence-electron chi connectivity index (χ3n) is 7.56. The molecule has 3 aromatic carbocycles. The van der Waals surface area contributed by atoms with Gasteiger partial charge in [0.15, 0.2) is 5.75 Å². The van der Waals surface area contributed by atoms with Crippen molar-refractivity contribution in [2.24, 2.45) is 0 Å². The van der Waals surface area contributed by atoms with E-state index in [1.807, 2.05) is 30.3 Å². The number of aromatic nitrogens is 2. The Balaban J connectivity index is 1.31. The van der Waals surface area contributed by atoms with Crippen molar-refractivity contribution in [3.63, 3.8) is 0 Å². The molecule has 1 amide bonds. The quantitative estimate of drug-likeness (QED) is 0.132. The molecule has 6 rings (SSSR count). The van der Waals surface area contributed by atoms with Crippen LogP contribution in [-0.4, -0.2) is 36.1 Å². The molecule has 10 nitrogen and oxygen atoms in total. The third-order valence-corrected chi connectivity index (χ3v) is 7.86. The molecule has 1 fully saturated rings. The monoisotopic (exact) mass is 646 g/mol. The van der Waals surface area contributed by atoms with Gasteiger partial charge in [-0.25, -0.2) is 0 Å². The average molecular weight is 647 g/mol. The number of hydrogen-bond donors (Lipinski definition) is 3. The highest BCUT2D eigenvalue weighted by Gasteiger charge is 2.17. The molecular formula is C36H31ClN6O4. The first-order chi connectivity index (χ1) is 23.0. The van der Waals surface area contributed by atoms with Crippen LogP contribution in [-0.2, 0) is 11.4 Å². The van der Waals surface area contributed by atoms with E-state index in [-0.39, 0.29) is 5.91 Å². The first-order valence-electron chi connectivity index (χ1n) is 15.0. The number of methoxy groups -OCH3 is 1. The standard InChI is InChI=1S/C36H31ClN6O4/c1-45-27-5-2-24(3-6-27)22-46-33-7-4-26(17-30(33)37)42-36-25(20-38)21-41-31-19-34(47-28-10-14-40-15-11-28)32(18-29(31)36)43-35(44)16-23-8-12-39-13-9-23/h2-7,10-11,14-19,21,39H,8-9,12-13,22H2,1H3,(H,41,42)(H,43,44). The van der Waals surface area contributed by atoms with Crippen LogP contribution in [0.15, 0.2) is 97.0 Å². The minimum Gasteiger partial charge on any atom is -0.497 e. The van der Waals surface area contributed by atoms with Gasteiger partial charge in [-0.05, 0) is 80.0 Å². The average Bonchev–Trinajstić information content (AvgIpc) is 3.09. The molecule has 0 bridgehead atoms. The zero-order valence-corrected chi connectivity index (χ0v) is 26.3. The Labute approximate surface area is 277 Å². The molecule has 2 aromatic heterocycles. The maximum absolute atomic E-state index is 13.2. The summed E-state index contributed by atoms with van der Waals surface area (Å²) in [6.07, 6.45) is 8.00. The van der Waals surface area contributed by atoms with Crippen molar-refractivity contribution in [2.45, 2.75) is 19.4 Å². The van der Waals surface area contributed by atoms with E-state index in [4.69, 9.17) is 25.8 Å². The number of amides is 1. The normalized spacial score (nSPS) is 12.6. The summed E-state index contributed by atoms with van der Waals surface area (Å²) in [5.41, 5.74) is 4.46. The van der Waals surface area contributed by atoms with Gasteiger partial charge in [-0.2, -0.15) is 5.26 Å². The summed E-state index contributed by atoms with van der Waals surface area (Å²) in [4.78, 5) is 21.7. The van der Waals surface area contributed by atoms with E-state index >= 15 is 0 Å². The van der Waals surface area contributed by atoms with Gasteiger partial charge < -0.3 is 30.2 Å². The lowest BCUT2D eigenvalue weighted by atomic mass is 10.0. The maximum Gasteiger partial charge on any atom is 0.248 e. The van der Waals surface area contributed by atoms with E-state index in [1.54, 1.807) is 62.0 Å². The Bertz CT molecular complexity index is 1970. The molecule has 0 saturated carbocycles. The molecule has 11 heteroatoms. The summed E-state index contributed by atoms with van der Waals surface area (Å²) < 4.78 is 17.3. The Morgan fingerprint density at radius 2 is 1.81 bits per heavy atom. The lowest BCUT2D eigenvalue weighted by Gasteiger charge is -2.17. The fraction of sp³-hybridized carbons (Fsp3) is 0.167. The van der Waals surface area contributed by atoms with Crippen molar-refractivity contribution in [3.05, 3.63) is 113 Å². The summed E-state index contributed by atoms with van der Waals surface area (Å²) in [7, 11) is 1.62. The smallest absolute Gasteiger partial charge is 0.248 e. The summed E-state index contributed by atoms with van der Waals surface area (Å²) in [5, 5.41) is 20.6. The number of fused-ring (bicyclic) bond motifs is 1. The Morgan fingerprint density at radius 1 is 1.02 bits per heavy atom. The summed E-state index contributed by atoms with van der Waals surface area (Å²) in [6, 6.07) is 22.1. The molecule has 0 spiro atoms. The number of benzene rings is 3. The molecule has 3 N–H and O–H groups in total. The van der Waals surface area contributed by atoms with Crippen LogP contribution in [0, 0.1) is 11.3 Å². The van der Waals surface area contributed by atoms with Crippen LogP contribution in [0.5, 0.6) is 23.0 Å². The van der Waals surface area contributed by atoms with E-state index in [9.17, 15) is 10.1 Å². The van der Waals surface area contributed by atoms with Crippen molar-refractivity contribution in [1.29, 1.82) is 5.26 Å². The molecule has 1 saturated heterocycles. The number of carbonyl (C=O) groups excluding carboxylic acids is 1. The highest BCUT2D eigenvalue weighted by atomic mass is 35.5. The number of halogens is 1. The molecule has 236 valence electrons. The van der Waals surface area contributed by atoms with Gasteiger partial charge in [0, 0.05) is 41.8 Å². The minimum atomic E-state index is -0.267. The maximum atomic E-state index is 13.2. The summed E-state index contributed by atoms with van der Waals surface area (Å²) >= 11 is 6.62. The van der Waals surface area contributed by atoms with E-state index in [0.717, 1.165) is 42.8 Å². The van der Waals surface area contributed by atoms with Gasteiger partial charge in [-0.1, -0.05) is 29.3 Å². The van der Waals surface area contributed by atoms with E-state index < -0.39 is 0 Å².